The molecule has 0 bridgehead atoms. The molecule has 2 heterocycles. The van der Waals surface area contributed by atoms with Crippen molar-refractivity contribution in [1.82, 2.24) is 9.88 Å². The number of nitrogens with zero attached hydrogens (tertiary/aromatic N) is 2. The topological polar surface area (TPSA) is 66.6 Å². The number of carbonyl (C=O) groups is 1. The summed E-state index contributed by atoms with van der Waals surface area (Å²) in [5, 5.41) is 9.61. The number of fused-ring (bicyclic) bond motifs is 1. The molecule has 2 aliphatic rings. The maximum absolute atomic E-state index is 11.7. The first-order valence-electron chi connectivity index (χ1n) is 8.71. The molecule has 1 aliphatic carbocycles. The van der Waals surface area contributed by atoms with Crippen molar-refractivity contribution in [2.45, 2.75) is 50.7 Å². The average Bonchev–Trinajstić information content (AvgIpc) is 3.21. The lowest BCUT2D eigenvalue weighted by atomic mass is 9.85. The Morgan fingerprint density at radius 1 is 1.25 bits per heavy atom. The van der Waals surface area contributed by atoms with Crippen LogP contribution in [-0.4, -0.2) is 33.0 Å². The van der Waals surface area contributed by atoms with E-state index in [-0.39, 0.29) is 0 Å². The second-order valence-electron chi connectivity index (χ2n) is 6.88. The Hall–Kier alpha value is -2.14. The Balaban J connectivity index is 1.55. The third-order valence-corrected chi connectivity index (χ3v) is 5.42. The second-order valence-corrected chi connectivity index (χ2v) is 6.88. The SMILES string of the molecule is O=C(O)[C@@H]1C[C@@H]2CCCC[C@@H]2N1Cc1coc(-c2ccccc2)n1. The Labute approximate surface area is 141 Å². The summed E-state index contributed by atoms with van der Waals surface area (Å²) < 4.78 is 5.61. The number of carboxylic acid groups (broad SMARTS) is 1. The van der Waals surface area contributed by atoms with Crippen molar-refractivity contribution in [2.24, 2.45) is 5.92 Å². The number of likely N-dealkylation sites (tertiary alicyclic amines) is 1. The molecular weight excluding hydrogens is 304 g/mol. The molecule has 1 aromatic heterocycles. The summed E-state index contributed by atoms with van der Waals surface area (Å²) in [4.78, 5) is 18.4. The molecule has 0 unspecified atom stereocenters. The van der Waals surface area contributed by atoms with Crippen molar-refractivity contribution in [3.05, 3.63) is 42.3 Å². The van der Waals surface area contributed by atoms with E-state index in [2.05, 4.69) is 9.88 Å². The minimum Gasteiger partial charge on any atom is -0.480 e. The Morgan fingerprint density at radius 3 is 2.83 bits per heavy atom. The number of hydrogen-bond acceptors (Lipinski definition) is 4. The number of oxazole rings is 1. The summed E-state index contributed by atoms with van der Waals surface area (Å²) in [7, 11) is 0. The lowest BCUT2D eigenvalue weighted by Crippen LogP contribution is -2.41. The van der Waals surface area contributed by atoms with Gasteiger partial charge in [0.05, 0.1) is 5.69 Å². The van der Waals surface area contributed by atoms with Crippen LogP contribution in [0.5, 0.6) is 0 Å². The Bertz CT molecular complexity index is 712. The molecular formula is C19H22N2O3. The number of aliphatic carboxylic acids is 1. The van der Waals surface area contributed by atoms with Gasteiger partial charge in [-0.15, -0.1) is 0 Å². The van der Waals surface area contributed by atoms with E-state index in [0.717, 1.165) is 30.5 Å². The molecule has 4 rings (SSSR count). The second kappa shape index (κ2) is 6.40. The van der Waals surface area contributed by atoms with Crippen molar-refractivity contribution in [1.29, 1.82) is 0 Å². The van der Waals surface area contributed by atoms with Crippen molar-refractivity contribution in [3.63, 3.8) is 0 Å². The molecule has 5 nitrogen and oxygen atoms in total. The van der Waals surface area contributed by atoms with E-state index in [1.54, 1.807) is 6.26 Å². The van der Waals surface area contributed by atoms with Gasteiger partial charge >= 0.3 is 5.97 Å². The van der Waals surface area contributed by atoms with Crippen LogP contribution in [0.2, 0.25) is 0 Å². The fourth-order valence-electron chi connectivity index (χ4n) is 4.30. The van der Waals surface area contributed by atoms with E-state index in [4.69, 9.17) is 4.42 Å². The summed E-state index contributed by atoms with van der Waals surface area (Å²) in [6.45, 7) is 0.550. The molecule has 0 spiro atoms. The molecule has 0 radical (unpaired) electrons. The number of benzene rings is 1. The minimum atomic E-state index is -0.712. The van der Waals surface area contributed by atoms with E-state index < -0.39 is 12.0 Å². The van der Waals surface area contributed by atoms with Gasteiger partial charge in [-0.05, 0) is 37.3 Å². The zero-order valence-corrected chi connectivity index (χ0v) is 13.6. The third kappa shape index (κ3) is 2.84. The van der Waals surface area contributed by atoms with E-state index in [1.165, 1.54) is 12.8 Å². The van der Waals surface area contributed by atoms with Crippen LogP contribution in [0, 0.1) is 5.92 Å². The maximum atomic E-state index is 11.7. The zero-order chi connectivity index (χ0) is 16.5. The molecule has 5 heteroatoms. The highest BCUT2D eigenvalue weighted by Gasteiger charge is 2.45. The van der Waals surface area contributed by atoms with Crippen molar-refractivity contribution >= 4 is 5.97 Å². The van der Waals surface area contributed by atoms with Crippen LogP contribution in [0.3, 0.4) is 0 Å². The fraction of sp³-hybridized carbons (Fsp3) is 0.474. The van der Waals surface area contributed by atoms with Gasteiger partial charge in [0, 0.05) is 18.2 Å². The predicted molar refractivity (Wildman–Crippen MR) is 89.3 cm³/mol. The summed E-state index contributed by atoms with van der Waals surface area (Å²) in [5.74, 6) is 0.397. The van der Waals surface area contributed by atoms with E-state index >= 15 is 0 Å². The highest BCUT2D eigenvalue weighted by atomic mass is 16.4. The monoisotopic (exact) mass is 326 g/mol. The maximum Gasteiger partial charge on any atom is 0.320 e. The number of hydrogen-bond donors (Lipinski definition) is 1. The van der Waals surface area contributed by atoms with Gasteiger partial charge in [0.2, 0.25) is 5.89 Å². The van der Waals surface area contributed by atoms with Crippen LogP contribution >= 0.6 is 0 Å². The lowest BCUT2D eigenvalue weighted by Gasteiger charge is -2.32. The highest BCUT2D eigenvalue weighted by molar-refractivity contribution is 5.74. The van der Waals surface area contributed by atoms with Crippen LogP contribution in [-0.2, 0) is 11.3 Å². The lowest BCUT2D eigenvalue weighted by molar-refractivity contribution is -0.142. The van der Waals surface area contributed by atoms with Crippen molar-refractivity contribution in [3.8, 4) is 11.5 Å². The van der Waals surface area contributed by atoms with Gasteiger partial charge in [-0.2, -0.15) is 0 Å². The number of rotatable bonds is 4. The molecule has 1 saturated carbocycles. The van der Waals surface area contributed by atoms with E-state index in [1.807, 2.05) is 30.3 Å². The Morgan fingerprint density at radius 2 is 2.04 bits per heavy atom. The van der Waals surface area contributed by atoms with Gasteiger partial charge in [0.25, 0.3) is 0 Å². The Kier molecular flexibility index (Phi) is 4.10. The standard InChI is InChI=1S/C19H22N2O3/c22-19(23)17-10-14-8-4-5-9-16(14)21(17)11-15-12-24-18(20-15)13-6-2-1-3-7-13/h1-3,6-7,12,14,16-17H,4-5,8-11H2,(H,22,23)/t14-,16-,17-/m0/s1. The van der Waals surface area contributed by atoms with E-state index in [0.29, 0.717) is 24.4 Å². The molecule has 1 N–H and O–H groups in total. The molecule has 126 valence electrons. The molecule has 24 heavy (non-hydrogen) atoms. The smallest absolute Gasteiger partial charge is 0.320 e. The molecule has 1 aromatic carbocycles. The summed E-state index contributed by atoms with van der Waals surface area (Å²) >= 11 is 0. The van der Waals surface area contributed by atoms with Crippen LogP contribution in [0.4, 0.5) is 0 Å². The van der Waals surface area contributed by atoms with Crippen LogP contribution in [0.15, 0.2) is 41.0 Å². The summed E-state index contributed by atoms with van der Waals surface area (Å²) in [6, 6.07) is 9.76. The van der Waals surface area contributed by atoms with Crippen LogP contribution in [0.25, 0.3) is 11.5 Å². The van der Waals surface area contributed by atoms with Gasteiger partial charge in [0.1, 0.15) is 12.3 Å². The number of aromatic nitrogens is 1. The fourth-order valence-corrected chi connectivity index (χ4v) is 4.30. The van der Waals surface area contributed by atoms with Crippen LogP contribution < -0.4 is 0 Å². The van der Waals surface area contributed by atoms with Gasteiger partial charge in [0.15, 0.2) is 0 Å². The molecule has 0 amide bonds. The van der Waals surface area contributed by atoms with Crippen LogP contribution in [0.1, 0.15) is 37.8 Å². The van der Waals surface area contributed by atoms with E-state index in [9.17, 15) is 9.90 Å². The quantitative estimate of drug-likeness (QED) is 0.930. The molecule has 1 aliphatic heterocycles. The normalized spacial score (nSPS) is 27.1. The van der Waals surface area contributed by atoms with Gasteiger partial charge in [-0.1, -0.05) is 31.0 Å². The first-order valence-corrected chi connectivity index (χ1v) is 8.71. The van der Waals surface area contributed by atoms with Crippen molar-refractivity contribution in [2.75, 3.05) is 0 Å². The van der Waals surface area contributed by atoms with Crippen molar-refractivity contribution < 1.29 is 14.3 Å². The first-order chi connectivity index (χ1) is 11.7. The molecule has 3 atom stereocenters. The molecule has 2 aromatic rings. The predicted octanol–water partition coefficient (Wildman–Crippen LogP) is 3.56. The third-order valence-electron chi connectivity index (χ3n) is 5.42. The van der Waals surface area contributed by atoms with Gasteiger partial charge in [-0.3, -0.25) is 9.69 Å². The highest BCUT2D eigenvalue weighted by Crippen LogP contribution is 2.40. The summed E-state index contributed by atoms with van der Waals surface area (Å²) in [5.41, 5.74) is 1.75. The zero-order valence-electron chi connectivity index (χ0n) is 13.6. The minimum absolute atomic E-state index is 0.372. The number of carboxylic acids is 1. The first kappa shape index (κ1) is 15.4. The molecule has 1 saturated heterocycles. The largest absolute Gasteiger partial charge is 0.480 e. The average molecular weight is 326 g/mol. The van der Waals surface area contributed by atoms with Gasteiger partial charge < -0.3 is 9.52 Å². The molecule has 2 fully saturated rings. The van der Waals surface area contributed by atoms with Gasteiger partial charge in [-0.25, -0.2) is 4.98 Å². The summed E-state index contributed by atoms with van der Waals surface area (Å²) in [6.07, 6.45) is 7.10.